The van der Waals surface area contributed by atoms with Crippen LogP contribution in [0.25, 0.3) is 0 Å². The molecule has 2 aliphatic rings. The van der Waals surface area contributed by atoms with Gasteiger partial charge in [0.15, 0.2) is 0 Å². The average Bonchev–Trinajstić information content (AvgIpc) is 3.57. The number of hydrogen-bond acceptors (Lipinski definition) is 3. The Morgan fingerprint density at radius 1 is 1.03 bits per heavy atom. The number of carbonyl (C=O) groups is 1. The second-order valence-electron chi connectivity index (χ2n) is 8.31. The minimum atomic E-state index is -0.187. The van der Waals surface area contributed by atoms with Crippen LogP contribution in [-0.4, -0.2) is 54.5 Å². The first kappa shape index (κ1) is 19.9. The van der Waals surface area contributed by atoms with Gasteiger partial charge in [0, 0.05) is 50.0 Å². The highest BCUT2D eigenvalue weighted by Gasteiger charge is 2.32. The van der Waals surface area contributed by atoms with Gasteiger partial charge in [-0.05, 0) is 49.9 Å². The Labute approximate surface area is 172 Å². The van der Waals surface area contributed by atoms with Crippen LogP contribution in [0, 0.1) is 19.7 Å². The van der Waals surface area contributed by atoms with E-state index < -0.39 is 0 Å². The van der Waals surface area contributed by atoms with E-state index in [4.69, 9.17) is 0 Å². The highest BCUT2D eigenvalue weighted by Crippen LogP contribution is 2.29. The van der Waals surface area contributed by atoms with Crippen LogP contribution < -0.4 is 4.90 Å². The van der Waals surface area contributed by atoms with Crippen molar-refractivity contribution in [1.82, 2.24) is 9.80 Å². The molecule has 1 saturated carbocycles. The maximum atomic E-state index is 14.1. The van der Waals surface area contributed by atoms with Gasteiger partial charge in [-0.1, -0.05) is 30.3 Å². The van der Waals surface area contributed by atoms with Gasteiger partial charge < -0.3 is 9.80 Å². The Kier molecular flexibility index (Phi) is 5.86. The van der Waals surface area contributed by atoms with Crippen LogP contribution in [0.1, 0.15) is 29.5 Å². The predicted octanol–water partition coefficient (Wildman–Crippen LogP) is 3.76. The van der Waals surface area contributed by atoms with Gasteiger partial charge in [0.2, 0.25) is 5.91 Å². The molecule has 2 aromatic carbocycles. The molecule has 154 valence electrons. The summed E-state index contributed by atoms with van der Waals surface area (Å²) in [4.78, 5) is 19.5. The number of piperazine rings is 1. The summed E-state index contributed by atoms with van der Waals surface area (Å²) < 4.78 is 14.1. The fourth-order valence-corrected chi connectivity index (χ4v) is 4.15. The van der Waals surface area contributed by atoms with Gasteiger partial charge in [-0.25, -0.2) is 4.39 Å². The lowest BCUT2D eigenvalue weighted by atomic mass is 10.1. The summed E-state index contributed by atoms with van der Waals surface area (Å²) in [5.74, 6) is -0.0263. The molecule has 1 aliphatic carbocycles. The van der Waals surface area contributed by atoms with E-state index in [0.29, 0.717) is 24.7 Å². The molecule has 1 heterocycles. The average molecular weight is 396 g/mol. The maximum absolute atomic E-state index is 14.1. The molecule has 0 N–H and O–H groups in total. The summed E-state index contributed by atoms with van der Waals surface area (Å²) >= 11 is 0. The topological polar surface area (TPSA) is 26.8 Å². The van der Waals surface area contributed by atoms with Gasteiger partial charge >= 0.3 is 0 Å². The van der Waals surface area contributed by atoms with E-state index in [1.54, 1.807) is 6.07 Å². The molecular formula is C24H30FN3O. The number of hydrogen-bond donors (Lipinski definition) is 0. The van der Waals surface area contributed by atoms with Crippen molar-refractivity contribution in [3.8, 4) is 0 Å². The monoisotopic (exact) mass is 395 g/mol. The van der Waals surface area contributed by atoms with Crippen molar-refractivity contribution in [2.24, 2.45) is 0 Å². The molecule has 0 spiro atoms. The molecule has 0 unspecified atom stereocenters. The van der Waals surface area contributed by atoms with E-state index in [0.717, 1.165) is 39.0 Å². The van der Waals surface area contributed by atoms with Gasteiger partial charge in [-0.15, -0.1) is 0 Å². The molecule has 1 aliphatic heterocycles. The Morgan fingerprint density at radius 2 is 1.76 bits per heavy atom. The number of nitrogens with zero attached hydrogens (tertiary/aromatic N) is 3. The second kappa shape index (κ2) is 8.54. The van der Waals surface area contributed by atoms with Crippen LogP contribution in [0.2, 0.25) is 0 Å². The van der Waals surface area contributed by atoms with Gasteiger partial charge in [-0.3, -0.25) is 9.69 Å². The molecule has 29 heavy (non-hydrogen) atoms. The van der Waals surface area contributed by atoms with Crippen LogP contribution in [0.5, 0.6) is 0 Å². The fraction of sp³-hybridized carbons (Fsp3) is 0.458. The van der Waals surface area contributed by atoms with Crippen LogP contribution in [-0.2, 0) is 11.3 Å². The normalized spacial score (nSPS) is 17.1. The molecule has 5 heteroatoms. The summed E-state index contributed by atoms with van der Waals surface area (Å²) in [6, 6.07) is 13.7. The van der Waals surface area contributed by atoms with Crippen molar-refractivity contribution in [3.05, 3.63) is 65.0 Å². The van der Waals surface area contributed by atoms with Crippen molar-refractivity contribution >= 4 is 11.6 Å². The standard InChI is InChI=1S/C24H30FN3O/c1-18-6-5-9-23(19(18)2)26-12-14-27(15-13-26)24(29)17-28(21-10-11-21)16-20-7-3-4-8-22(20)25/h3-9,21H,10-17H2,1-2H3. The van der Waals surface area contributed by atoms with Crippen molar-refractivity contribution < 1.29 is 9.18 Å². The SMILES string of the molecule is Cc1cccc(N2CCN(C(=O)CN(Cc3ccccc3F)C3CC3)CC2)c1C. The van der Waals surface area contributed by atoms with Crippen molar-refractivity contribution in [2.75, 3.05) is 37.6 Å². The molecule has 4 rings (SSSR count). The number of rotatable bonds is 6. The molecular weight excluding hydrogens is 365 g/mol. The van der Waals surface area contributed by atoms with Crippen LogP contribution >= 0.6 is 0 Å². The molecule has 0 radical (unpaired) electrons. The first-order valence-corrected chi connectivity index (χ1v) is 10.6. The Bertz CT molecular complexity index is 872. The Morgan fingerprint density at radius 3 is 2.45 bits per heavy atom. The smallest absolute Gasteiger partial charge is 0.236 e. The van der Waals surface area contributed by atoms with E-state index in [9.17, 15) is 9.18 Å². The number of carbonyl (C=O) groups excluding carboxylic acids is 1. The van der Waals surface area contributed by atoms with Gasteiger partial charge in [0.1, 0.15) is 5.82 Å². The lowest BCUT2D eigenvalue weighted by Gasteiger charge is -2.38. The van der Waals surface area contributed by atoms with Crippen LogP contribution in [0.3, 0.4) is 0 Å². The van der Waals surface area contributed by atoms with E-state index in [1.807, 2.05) is 17.0 Å². The lowest BCUT2D eigenvalue weighted by molar-refractivity contribution is -0.133. The highest BCUT2D eigenvalue weighted by atomic mass is 19.1. The molecule has 0 bridgehead atoms. The minimum Gasteiger partial charge on any atom is -0.368 e. The van der Waals surface area contributed by atoms with Gasteiger partial charge in [0.05, 0.1) is 6.54 Å². The summed E-state index contributed by atoms with van der Waals surface area (Å²) in [6.45, 7) is 8.38. The first-order valence-electron chi connectivity index (χ1n) is 10.6. The number of anilines is 1. The summed E-state index contributed by atoms with van der Waals surface area (Å²) in [7, 11) is 0. The van der Waals surface area contributed by atoms with E-state index in [2.05, 4.69) is 41.8 Å². The van der Waals surface area contributed by atoms with Gasteiger partial charge in [-0.2, -0.15) is 0 Å². The largest absolute Gasteiger partial charge is 0.368 e. The highest BCUT2D eigenvalue weighted by molar-refractivity contribution is 5.78. The fourth-order valence-electron chi connectivity index (χ4n) is 4.15. The lowest BCUT2D eigenvalue weighted by Crippen LogP contribution is -2.51. The van der Waals surface area contributed by atoms with Gasteiger partial charge in [0.25, 0.3) is 0 Å². The predicted molar refractivity (Wildman–Crippen MR) is 115 cm³/mol. The maximum Gasteiger partial charge on any atom is 0.236 e. The Balaban J connectivity index is 1.35. The van der Waals surface area contributed by atoms with Crippen molar-refractivity contribution in [1.29, 1.82) is 0 Å². The van der Waals surface area contributed by atoms with E-state index >= 15 is 0 Å². The number of amides is 1. The third-order valence-electron chi connectivity index (χ3n) is 6.28. The van der Waals surface area contributed by atoms with Crippen LogP contribution in [0.15, 0.2) is 42.5 Å². The third-order valence-corrected chi connectivity index (χ3v) is 6.28. The zero-order chi connectivity index (χ0) is 20.4. The van der Waals surface area contributed by atoms with Crippen LogP contribution in [0.4, 0.5) is 10.1 Å². The summed E-state index contributed by atoms with van der Waals surface area (Å²) in [6.07, 6.45) is 2.20. The van der Waals surface area contributed by atoms with E-state index in [-0.39, 0.29) is 11.7 Å². The zero-order valence-electron chi connectivity index (χ0n) is 17.4. The minimum absolute atomic E-state index is 0.161. The number of benzene rings is 2. The van der Waals surface area contributed by atoms with Crippen molar-refractivity contribution in [2.45, 2.75) is 39.3 Å². The number of aryl methyl sites for hydroxylation is 1. The quantitative estimate of drug-likeness (QED) is 0.745. The first-order chi connectivity index (χ1) is 14.0. The molecule has 1 saturated heterocycles. The molecule has 2 fully saturated rings. The summed E-state index contributed by atoms with van der Waals surface area (Å²) in [5, 5.41) is 0. The van der Waals surface area contributed by atoms with Crippen molar-refractivity contribution in [3.63, 3.8) is 0 Å². The molecule has 0 aromatic heterocycles. The third kappa shape index (κ3) is 4.61. The van der Waals surface area contributed by atoms with E-state index in [1.165, 1.54) is 22.9 Å². The molecule has 0 atom stereocenters. The second-order valence-corrected chi connectivity index (χ2v) is 8.31. The zero-order valence-corrected chi connectivity index (χ0v) is 17.4. The Hall–Kier alpha value is -2.40. The molecule has 1 amide bonds. The number of halogens is 1. The molecule has 2 aromatic rings. The summed E-state index contributed by atoms with van der Waals surface area (Å²) in [5.41, 5.74) is 4.56. The molecule has 4 nitrogen and oxygen atoms in total.